The van der Waals surface area contributed by atoms with Crippen LogP contribution in [-0.4, -0.2) is 29.4 Å². The summed E-state index contributed by atoms with van der Waals surface area (Å²) in [6.07, 6.45) is 2.66. The highest BCUT2D eigenvalue weighted by molar-refractivity contribution is 6.75. The van der Waals surface area contributed by atoms with Crippen LogP contribution in [0.15, 0.2) is 6.07 Å². The summed E-state index contributed by atoms with van der Waals surface area (Å²) in [4.78, 5) is 11.5. The van der Waals surface area contributed by atoms with Gasteiger partial charge in [-0.3, -0.25) is 0 Å². The highest BCUT2D eigenvalue weighted by Crippen LogP contribution is 2.36. The number of unbranched alkanes of at least 4 members (excludes halogenated alkanes) is 1. The number of hydrogen-bond acceptors (Lipinski definition) is 3. The third-order valence-corrected chi connectivity index (χ3v) is 4.61. The van der Waals surface area contributed by atoms with Crippen molar-refractivity contribution < 1.29 is 20.1 Å². The third kappa shape index (κ3) is 4.00. The van der Waals surface area contributed by atoms with Gasteiger partial charge in [-0.15, -0.1) is 0 Å². The van der Waals surface area contributed by atoms with E-state index in [2.05, 4.69) is 26.6 Å². The van der Waals surface area contributed by atoms with E-state index < -0.39 is 19.8 Å². The van der Waals surface area contributed by atoms with E-state index in [1.165, 1.54) is 6.07 Å². The Balaban J connectivity index is 3.45. The summed E-state index contributed by atoms with van der Waals surface area (Å²) in [7, 11) is -1.54. The van der Waals surface area contributed by atoms with Crippen molar-refractivity contribution >= 4 is 14.0 Å². The molecule has 112 valence electrons. The quantitative estimate of drug-likeness (QED) is 0.554. The monoisotopic (exact) mass is 296 g/mol. The molecule has 1 rings (SSSR count). The summed E-state index contributed by atoms with van der Waals surface area (Å²) in [5, 5.41) is 29.0. The molecule has 5 heteroatoms. The predicted molar refractivity (Wildman–Crippen MR) is 82.4 cm³/mol. The largest absolute Gasteiger partial charge is 0.504 e. The molecule has 0 saturated carbocycles. The van der Waals surface area contributed by atoms with E-state index in [0.29, 0.717) is 11.6 Å². The Morgan fingerprint density at radius 3 is 2.30 bits per heavy atom. The van der Waals surface area contributed by atoms with Crippen molar-refractivity contribution in [3.8, 4) is 11.5 Å². The number of aromatic carboxylic acids is 1. The number of carbonyl (C=O) groups is 1. The molecule has 0 aliphatic rings. The molecule has 4 nitrogen and oxygen atoms in total. The summed E-state index contributed by atoms with van der Waals surface area (Å²) < 4.78 is 0. The minimum atomic E-state index is -1.54. The molecule has 0 aliphatic heterocycles. The fourth-order valence-corrected chi connectivity index (χ4v) is 3.77. The van der Waals surface area contributed by atoms with Gasteiger partial charge >= 0.3 is 5.97 Å². The number of carboxylic acid groups (broad SMARTS) is 1. The van der Waals surface area contributed by atoms with Crippen LogP contribution in [0.4, 0.5) is 0 Å². The SMILES string of the molecule is CCCCc1cc(O)c(O)c(C(=O)O)c1C[Si](C)(C)C. The Morgan fingerprint density at radius 2 is 1.85 bits per heavy atom. The van der Waals surface area contributed by atoms with Crippen molar-refractivity contribution in [3.63, 3.8) is 0 Å². The lowest BCUT2D eigenvalue weighted by Crippen LogP contribution is -2.26. The lowest BCUT2D eigenvalue weighted by molar-refractivity contribution is 0.0692. The smallest absolute Gasteiger partial charge is 0.339 e. The maximum atomic E-state index is 11.5. The molecule has 0 aliphatic carbocycles. The van der Waals surface area contributed by atoms with Crippen LogP contribution in [0.25, 0.3) is 0 Å². The molecule has 0 aromatic heterocycles. The first-order chi connectivity index (χ1) is 9.17. The molecule has 1 aromatic rings. The van der Waals surface area contributed by atoms with E-state index in [0.717, 1.165) is 24.8 Å². The topological polar surface area (TPSA) is 77.8 Å². The number of aromatic hydroxyl groups is 2. The Labute approximate surface area is 121 Å². The van der Waals surface area contributed by atoms with E-state index in [1.54, 1.807) is 0 Å². The van der Waals surface area contributed by atoms with Crippen LogP contribution in [0.2, 0.25) is 19.6 Å². The molecule has 0 atom stereocenters. The molecular weight excluding hydrogens is 272 g/mol. The summed E-state index contributed by atoms with van der Waals surface area (Å²) in [6, 6.07) is 2.20. The molecule has 0 radical (unpaired) electrons. The molecule has 0 spiro atoms. The molecule has 0 bridgehead atoms. The molecule has 0 fully saturated rings. The van der Waals surface area contributed by atoms with Crippen molar-refractivity contribution in [2.45, 2.75) is 51.9 Å². The Kier molecular flexibility index (Phi) is 5.22. The molecule has 0 heterocycles. The Morgan fingerprint density at radius 1 is 1.25 bits per heavy atom. The molecule has 0 amide bonds. The van der Waals surface area contributed by atoms with Gasteiger partial charge in [0.05, 0.1) is 0 Å². The van der Waals surface area contributed by atoms with Gasteiger partial charge in [-0.1, -0.05) is 33.0 Å². The van der Waals surface area contributed by atoms with E-state index in [4.69, 9.17) is 0 Å². The number of carboxylic acids is 1. The maximum Gasteiger partial charge on any atom is 0.339 e. The van der Waals surface area contributed by atoms with Gasteiger partial charge in [0.25, 0.3) is 0 Å². The molecule has 0 saturated heterocycles. The fourth-order valence-electron chi connectivity index (χ4n) is 2.30. The van der Waals surface area contributed by atoms with Gasteiger partial charge in [0.15, 0.2) is 11.5 Å². The van der Waals surface area contributed by atoms with Crippen LogP contribution >= 0.6 is 0 Å². The number of phenols is 2. The number of phenolic OH excluding ortho intramolecular Hbond substituents is 1. The van der Waals surface area contributed by atoms with Crippen molar-refractivity contribution in [3.05, 3.63) is 22.8 Å². The van der Waals surface area contributed by atoms with Crippen LogP contribution < -0.4 is 0 Å². The fraction of sp³-hybridized carbons (Fsp3) is 0.533. The summed E-state index contributed by atoms with van der Waals surface area (Å²) in [5.74, 6) is -2.02. The highest BCUT2D eigenvalue weighted by Gasteiger charge is 2.26. The average Bonchev–Trinajstić information content (AvgIpc) is 2.29. The Bertz CT molecular complexity index is 504. The predicted octanol–water partition coefficient (Wildman–Crippen LogP) is 3.56. The average molecular weight is 296 g/mol. The van der Waals surface area contributed by atoms with Crippen LogP contribution in [0, 0.1) is 0 Å². The number of rotatable bonds is 6. The standard InChI is InChI=1S/C15H24O4Si/c1-5-6-7-10-8-12(16)14(17)13(15(18)19)11(10)9-20(2,3)4/h8,16-17H,5-7,9H2,1-4H3,(H,18,19). The first-order valence-corrected chi connectivity index (χ1v) is 10.7. The van der Waals surface area contributed by atoms with E-state index in [-0.39, 0.29) is 11.3 Å². The van der Waals surface area contributed by atoms with Crippen molar-refractivity contribution in [1.82, 2.24) is 0 Å². The van der Waals surface area contributed by atoms with Gasteiger partial charge in [0.2, 0.25) is 0 Å². The second-order valence-corrected chi connectivity index (χ2v) is 11.9. The zero-order valence-corrected chi connectivity index (χ0v) is 13.7. The van der Waals surface area contributed by atoms with Crippen molar-refractivity contribution in [2.24, 2.45) is 0 Å². The van der Waals surface area contributed by atoms with Gasteiger partial charge in [-0.25, -0.2) is 4.79 Å². The van der Waals surface area contributed by atoms with E-state index in [9.17, 15) is 20.1 Å². The summed E-state index contributed by atoms with van der Waals surface area (Å²) in [5.41, 5.74) is 1.42. The lowest BCUT2D eigenvalue weighted by Gasteiger charge is -2.21. The van der Waals surface area contributed by atoms with E-state index >= 15 is 0 Å². The minimum Gasteiger partial charge on any atom is -0.504 e. The second kappa shape index (κ2) is 6.30. The third-order valence-electron chi connectivity index (χ3n) is 3.20. The second-order valence-electron chi connectivity index (χ2n) is 6.40. The summed E-state index contributed by atoms with van der Waals surface area (Å²) in [6.45, 7) is 8.54. The zero-order chi connectivity index (χ0) is 15.5. The van der Waals surface area contributed by atoms with Gasteiger partial charge in [-0.05, 0) is 36.1 Å². The maximum absolute atomic E-state index is 11.5. The number of hydrogen-bond donors (Lipinski definition) is 3. The van der Waals surface area contributed by atoms with Crippen molar-refractivity contribution in [2.75, 3.05) is 0 Å². The van der Waals surface area contributed by atoms with Crippen LogP contribution in [-0.2, 0) is 12.5 Å². The minimum absolute atomic E-state index is 0.126. The number of aryl methyl sites for hydroxylation is 1. The lowest BCUT2D eigenvalue weighted by atomic mass is 9.96. The highest BCUT2D eigenvalue weighted by atomic mass is 28.3. The summed E-state index contributed by atoms with van der Waals surface area (Å²) >= 11 is 0. The molecule has 1 aromatic carbocycles. The van der Waals surface area contributed by atoms with Crippen LogP contribution in [0.3, 0.4) is 0 Å². The molecule has 20 heavy (non-hydrogen) atoms. The van der Waals surface area contributed by atoms with Gasteiger partial charge in [0, 0.05) is 8.07 Å². The zero-order valence-electron chi connectivity index (χ0n) is 12.7. The first-order valence-electron chi connectivity index (χ1n) is 6.97. The van der Waals surface area contributed by atoms with Gasteiger partial charge in [-0.2, -0.15) is 0 Å². The Hall–Kier alpha value is -1.49. The molecule has 0 unspecified atom stereocenters. The van der Waals surface area contributed by atoms with Crippen LogP contribution in [0.5, 0.6) is 11.5 Å². The van der Waals surface area contributed by atoms with Crippen molar-refractivity contribution in [1.29, 1.82) is 0 Å². The normalized spacial score (nSPS) is 11.6. The van der Waals surface area contributed by atoms with E-state index in [1.807, 2.05) is 0 Å². The number of benzene rings is 1. The van der Waals surface area contributed by atoms with Gasteiger partial charge in [0.1, 0.15) is 5.56 Å². The first kappa shape index (κ1) is 16.6. The molecule has 3 N–H and O–H groups in total. The van der Waals surface area contributed by atoms with Gasteiger partial charge < -0.3 is 15.3 Å². The molecular formula is C15H24O4Si. The van der Waals surface area contributed by atoms with Crippen LogP contribution in [0.1, 0.15) is 41.3 Å².